The molecule has 18 heavy (non-hydrogen) atoms. The smallest absolute Gasteiger partial charge is 0.0794 e. The molecule has 4 heteroatoms. The van der Waals surface area contributed by atoms with E-state index in [1.54, 1.807) is 11.3 Å². The van der Waals surface area contributed by atoms with E-state index >= 15 is 0 Å². The maximum Gasteiger partial charge on any atom is 0.0794 e. The second-order valence-electron chi connectivity index (χ2n) is 4.24. The molecule has 0 aliphatic rings. The van der Waals surface area contributed by atoms with Crippen molar-refractivity contribution in [1.82, 2.24) is 10.3 Å². The van der Waals surface area contributed by atoms with Gasteiger partial charge in [0.25, 0.3) is 0 Å². The van der Waals surface area contributed by atoms with E-state index in [1.807, 2.05) is 17.6 Å². The summed E-state index contributed by atoms with van der Waals surface area (Å²) in [6, 6.07) is 8.12. The topological polar surface area (TPSA) is 24.9 Å². The average molecular weight is 281 g/mol. The lowest BCUT2D eigenvalue weighted by Gasteiger charge is -2.17. The molecule has 0 spiro atoms. The molecule has 0 bridgehead atoms. The molecule has 96 valence electrons. The van der Waals surface area contributed by atoms with Crippen molar-refractivity contribution >= 4 is 22.9 Å². The van der Waals surface area contributed by atoms with Gasteiger partial charge < -0.3 is 5.32 Å². The number of thiazole rings is 1. The van der Waals surface area contributed by atoms with E-state index in [-0.39, 0.29) is 0 Å². The summed E-state index contributed by atoms with van der Waals surface area (Å²) < 4.78 is 0. The molecule has 1 atom stereocenters. The molecule has 0 amide bonds. The summed E-state index contributed by atoms with van der Waals surface area (Å²) in [5.41, 5.74) is 4.32. The molecule has 0 saturated carbocycles. The summed E-state index contributed by atoms with van der Waals surface area (Å²) in [5, 5.41) is 6.32. The maximum absolute atomic E-state index is 6.07. The molecule has 1 heterocycles. The van der Waals surface area contributed by atoms with Gasteiger partial charge in [-0.05, 0) is 30.7 Å². The third-order valence-electron chi connectivity index (χ3n) is 2.90. The summed E-state index contributed by atoms with van der Waals surface area (Å²) in [6.45, 7) is 4.06. The molecule has 2 rings (SSSR count). The Bertz CT molecular complexity index is 470. The molecule has 1 unspecified atom stereocenters. The van der Waals surface area contributed by atoms with Gasteiger partial charge in [0.1, 0.15) is 0 Å². The van der Waals surface area contributed by atoms with Gasteiger partial charge in [0, 0.05) is 22.9 Å². The molecule has 2 aromatic rings. The van der Waals surface area contributed by atoms with Crippen molar-refractivity contribution in [3.63, 3.8) is 0 Å². The van der Waals surface area contributed by atoms with E-state index in [2.05, 4.69) is 34.7 Å². The highest BCUT2D eigenvalue weighted by Gasteiger charge is 2.13. The van der Waals surface area contributed by atoms with Crippen molar-refractivity contribution in [2.75, 3.05) is 13.1 Å². The number of hydrogen-bond donors (Lipinski definition) is 1. The number of rotatable bonds is 6. The zero-order chi connectivity index (χ0) is 12.8. The standard InChI is InChI=1S/C14H17ClN2S/c1-2-16-8-12(7-14-9-18-10-17-14)11-4-3-5-13(15)6-11/h3-6,9-10,12,16H,2,7-8H2,1H3. The quantitative estimate of drug-likeness (QED) is 0.872. The van der Waals surface area contributed by atoms with Crippen LogP contribution in [0.5, 0.6) is 0 Å². The number of nitrogens with one attached hydrogen (secondary N) is 1. The Morgan fingerprint density at radius 2 is 2.33 bits per heavy atom. The second-order valence-corrected chi connectivity index (χ2v) is 5.40. The van der Waals surface area contributed by atoms with Crippen molar-refractivity contribution in [2.24, 2.45) is 0 Å². The van der Waals surface area contributed by atoms with E-state index in [9.17, 15) is 0 Å². The van der Waals surface area contributed by atoms with E-state index in [4.69, 9.17) is 11.6 Å². The SMILES string of the molecule is CCNCC(Cc1cscn1)c1cccc(Cl)c1. The Morgan fingerprint density at radius 1 is 1.44 bits per heavy atom. The fraction of sp³-hybridized carbons (Fsp3) is 0.357. The highest BCUT2D eigenvalue weighted by Crippen LogP contribution is 2.23. The van der Waals surface area contributed by atoms with E-state index in [0.29, 0.717) is 5.92 Å². The largest absolute Gasteiger partial charge is 0.316 e. The van der Waals surface area contributed by atoms with E-state index in [0.717, 1.165) is 30.2 Å². The van der Waals surface area contributed by atoms with Crippen molar-refractivity contribution < 1.29 is 0 Å². The first-order valence-electron chi connectivity index (χ1n) is 6.13. The van der Waals surface area contributed by atoms with Crippen LogP contribution in [-0.4, -0.2) is 18.1 Å². The van der Waals surface area contributed by atoms with Crippen molar-refractivity contribution in [3.8, 4) is 0 Å². The van der Waals surface area contributed by atoms with Crippen LogP contribution in [0.25, 0.3) is 0 Å². The molecule has 1 aromatic carbocycles. The zero-order valence-corrected chi connectivity index (χ0v) is 12.0. The molecule has 1 N–H and O–H groups in total. The summed E-state index contributed by atoms with van der Waals surface area (Å²) in [6.07, 6.45) is 0.955. The van der Waals surface area contributed by atoms with Crippen LogP contribution in [0.3, 0.4) is 0 Å². The Labute approximate surface area is 117 Å². The number of likely N-dealkylation sites (N-methyl/N-ethyl adjacent to an activating group) is 1. The summed E-state index contributed by atoms with van der Waals surface area (Å²) in [4.78, 5) is 4.37. The molecule has 2 nitrogen and oxygen atoms in total. The van der Waals surface area contributed by atoms with E-state index < -0.39 is 0 Å². The van der Waals surface area contributed by atoms with Crippen LogP contribution in [0.4, 0.5) is 0 Å². The van der Waals surface area contributed by atoms with Crippen LogP contribution in [0, 0.1) is 0 Å². The minimum absolute atomic E-state index is 0.422. The van der Waals surface area contributed by atoms with Gasteiger partial charge in [0.15, 0.2) is 0 Å². The number of benzene rings is 1. The first kappa shape index (κ1) is 13.5. The van der Waals surface area contributed by atoms with Gasteiger partial charge >= 0.3 is 0 Å². The van der Waals surface area contributed by atoms with Crippen LogP contribution >= 0.6 is 22.9 Å². The van der Waals surface area contributed by atoms with Crippen LogP contribution in [0.2, 0.25) is 5.02 Å². The highest BCUT2D eigenvalue weighted by molar-refractivity contribution is 7.07. The Morgan fingerprint density at radius 3 is 3.00 bits per heavy atom. The summed E-state index contributed by atoms with van der Waals surface area (Å²) >= 11 is 7.72. The number of aromatic nitrogens is 1. The minimum atomic E-state index is 0.422. The van der Waals surface area contributed by atoms with Crippen molar-refractivity contribution in [1.29, 1.82) is 0 Å². The predicted molar refractivity (Wildman–Crippen MR) is 78.6 cm³/mol. The summed E-state index contributed by atoms with van der Waals surface area (Å²) in [5.74, 6) is 0.422. The zero-order valence-electron chi connectivity index (χ0n) is 10.4. The van der Waals surface area contributed by atoms with Gasteiger partial charge in [-0.15, -0.1) is 11.3 Å². The normalized spacial score (nSPS) is 12.6. The fourth-order valence-electron chi connectivity index (χ4n) is 1.98. The summed E-state index contributed by atoms with van der Waals surface area (Å²) in [7, 11) is 0. The molecule has 0 saturated heterocycles. The molecule has 0 fully saturated rings. The maximum atomic E-state index is 6.07. The number of nitrogens with zero attached hydrogens (tertiary/aromatic N) is 1. The van der Waals surface area contributed by atoms with Gasteiger partial charge in [0.05, 0.1) is 11.2 Å². The number of halogens is 1. The average Bonchev–Trinajstić information content (AvgIpc) is 2.87. The Balaban J connectivity index is 2.13. The molecule has 0 aliphatic heterocycles. The van der Waals surface area contributed by atoms with Gasteiger partial charge in [-0.2, -0.15) is 0 Å². The Hall–Kier alpha value is -0.900. The lowest BCUT2D eigenvalue weighted by molar-refractivity contribution is 0.590. The molecular weight excluding hydrogens is 264 g/mol. The van der Waals surface area contributed by atoms with Gasteiger partial charge in [-0.3, -0.25) is 0 Å². The van der Waals surface area contributed by atoms with Gasteiger partial charge in [-0.1, -0.05) is 30.7 Å². The number of hydrogen-bond acceptors (Lipinski definition) is 3. The van der Waals surface area contributed by atoms with Gasteiger partial charge in [0.2, 0.25) is 0 Å². The van der Waals surface area contributed by atoms with Gasteiger partial charge in [-0.25, -0.2) is 4.98 Å². The predicted octanol–water partition coefficient (Wildman–Crippen LogP) is 3.73. The first-order chi connectivity index (χ1) is 8.79. The Kier molecular flexibility index (Phi) is 5.17. The lowest BCUT2D eigenvalue weighted by Crippen LogP contribution is -2.22. The molecule has 0 radical (unpaired) electrons. The van der Waals surface area contributed by atoms with Crippen LogP contribution in [0.15, 0.2) is 35.2 Å². The van der Waals surface area contributed by atoms with Crippen LogP contribution in [0.1, 0.15) is 24.1 Å². The highest BCUT2D eigenvalue weighted by atomic mass is 35.5. The minimum Gasteiger partial charge on any atom is -0.316 e. The monoisotopic (exact) mass is 280 g/mol. The van der Waals surface area contributed by atoms with Crippen LogP contribution in [-0.2, 0) is 6.42 Å². The second kappa shape index (κ2) is 6.88. The third kappa shape index (κ3) is 3.80. The molecule has 0 aliphatic carbocycles. The van der Waals surface area contributed by atoms with Crippen LogP contribution < -0.4 is 5.32 Å². The molecule has 1 aromatic heterocycles. The van der Waals surface area contributed by atoms with Crippen molar-refractivity contribution in [2.45, 2.75) is 19.3 Å². The van der Waals surface area contributed by atoms with E-state index in [1.165, 1.54) is 5.56 Å². The molecular formula is C14H17ClN2S. The van der Waals surface area contributed by atoms with Crippen molar-refractivity contribution in [3.05, 3.63) is 51.4 Å². The fourth-order valence-corrected chi connectivity index (χ4v) is 2.75. The third-order valence-corrected chi connectivity index (χ3v) is 3.77. The first-order valence-corrected chi connectivity index (χ1v) is 7.45. The lowest BCUT2D eigenvalue weighted by atomic mass is 9.94.